The fourth-order valence-corrected chi connectivity index (χ4v) is 5.48. The number of carbonyl (C=O) groups is 1. The van der Waals surface area contributed by atoms with Crippen LogP contribution in [0.4, 0.5) is 0 Å². The summed E-state index contributed by atoms with van der Waals surface area (Å²) in [6.45, 7) is 7.61. The van der Waals surface area contributed by atoms with E-state index >= 15 is 0 Å². The Bertz CT molecular complexity index is 927. The number of likely N-dealkylation sites (N-methyl/N-ethyl adjacent to an activating group) is 1. The minimum absolute atomic E-state index is 0.0742. The number of piperidine rings is 1. The van der Waals surface area contributed by atoms with Gasteiger partial charge in [0.25, 0.3) is 0 Å². The number of likely N-dealkylation sites (tertiary alicyclic amines) is 1. The molecule has 0 N–H and O–H groups in total. The maximum atomic E-state index is 13.2. The minimum atomic E-state index is -0.0742. The number of pyridine rings is 1. The van der Waals surface area contributed by atoms with Gasteiger partial charge >= 0.3 is 0 Å². The van der Waals surface area contributed by atoms with Crippen molar-refractivity contribution < 1.29 is 14.3 Å². The fourth-order valence-electron chi connectivity index (χ4n) is 5.48. The van der Waals surface area contributed by atoms with Crippen LogP contribution in [-0.2, 0) is 22.5 Å². The van der Waals surface area contributed by atoms with E-state index in [1.807, 2.05) is 31.3 Å². The highest BCUT2D eigenvalue weighted by Gasteiger charge is 2.34. The Hall–Kier alpha value is -2.48. The summed E-state index contributed by atoms with van der Waals surface area (Å²) in [4.78, 5) is 24.6. The summed E-state index contributed by atoms with van der Waals surface area (Å²) in [5, 5.41) is 0. The van der Waals surface area contributed by atoms with Gasteiger partial charge in [0.2, 0.25) is 5.91 Å². The van der Waals surface area contributed by atoms with E-state index in [1.54, 1.807) is 7.11 Å². The van der Waals surface area contributed by atoms with Gasteiger partial charge < -0.3 is 14.4 Å². The highest BCUT2D eigenvalue weighted by atomic mass is 16.5. The number of carbonyl (C=O) groups excluding carboxylic acids is 1. The molecule has 1 amide bonds. The first-order chi connectivity index (χ1) is 17.0. The van der Waals surface area contributed by atoms with Gasteiger partial charge in [-0.15, -0.1) is 0 Å². The zero-order valence-electron chi connectivity index (χ0n) is 21.4. The van der Waals surface area contributed by atoms with Crippen LogP contribution in [0.3, 0.4) is 0 Å². The molecule has 2 aliphatic heterocycles. The van der Waals surface area contributed by atoms with Crippen LogP contribution in [0.5, 0.6) is 5.75 Å². The predicted molar refractivity (Wildman–Crippen MR) is 137 cm³/mol. The molecule has 0 saturated carbocycles. The van der Waals surface area contributed by atoms with E-state index in [2.05, 4.69) is 51.0 Å². The number of nitrogens with zero attached hydrogens (tertiary/aromatic N) is 4. The summed E-state index contributed by atoms with van der Waals surface area (Å²) in [5.74, 6) is 1.67. The maximum Gasteiger partial charge on any atom is 0.239 e. The van der Waals surface area contributed by atoms with Gasteiger partial charge in [-0.3, -0.25) is 19.6 Å². The van der Waals surface area contributed by atoms with E-state index in [0.717, 1.165) is 63.4 Å². The summed E-state index contributed by atoms with van der Waals surface area (Å²) < 4.78 is 10.9. The topological polar surface area (TPSA) is 58.1 Å². The van der Waals surface area contributed by atoms with Crippen molar-refractivity contribution in [2.45, 2.75) is 44.8 Å². The number of benzene rings is 1. The first-order valence-electron chi connectivity index (χ1n) is 12.9. The summed E-state index contributed by atoms with van der Waals surface area (Å²) in [5.41, 5.74) is 2.36. The summed E-state index contributed by atoms with van der Waals surface area (Å²) in [6.07, 6.45) is 4.84. The van der Waals surface area contributed by atoms with Crippen LogP contribution in [0.15, 0.2) is 48.7 Å². The van der Waals surface area contributed by atoms with Crippen molar-refractivity contribution in [3.63, 3.8) is 0 Å². The monoisotopic (exact) mass is 480 g/mol. The van der Waals surface area contributed by atoms with Crippen LogP contribution in [0.1, 0.15) is 31.0 Å². The van der Waals surface area contributed by atoms with Crippen molar-refractivity contribution in [3.05, 3.63) is 59.9 Å². The molecule has 0 radical (unpaired) electrons. The average Bonchev–Trinajstić information content (AvgIpc) is 2.92. The molecule has 2 aliphatic rings. The molecular formula is C28H40N4O3. The van der Waals surface area contributed by atoms with Crippen LogP contribution in [0.25, 0.3) is 0 Å². The third kappa shape index (κ3) is 6.81. The molecule has 3 heterocycles. The smallest absolute Gasteiger partial charge is 0.239 e. The lowest BCUT2D eigenvalue weighted by molar-refractivity contribution is -0.139. The van der Waals surface area contributed by atoms with Crippen molar-refractivity contribution >= 4 is 5.91 Å². The summed E-state index contributed by atoms with van der Waals surface area (Å²) in [7, 11) is 3.92. The van der Waals surface area contributed by atoms with E-state index in [-0.39, 0.29) is 11.9 Å². The molecule has 2 atom stereocenters. The minimum Gasteiger partial charge on any atom is -0.497 e. The van der Waals surface area contributed by atoms with Gasteiger partial charge in [0.15, 0.2) is 0 Å². The molecule has 2 aromatic rings. The van der Waals surface area contributed by atoms with Crippen LogP contribution < -0.4 is 4.74 Å². The first kappa shape index (κ1) is 25.6. The van der Waals surface area contributed by atoms with Gasteiger partial charge in [-0.2, -0.15) is 0 Å². The zero-order chi connectivity index (χ0) is 24.6. The van der Waals surface area contributed by atoms with Crippen LogP contribution in [0, 0.1) is 5.92 Å². The first-order valence-corrected chi connectivity index (χ1v) is 12.9. The Morgan fingerprint density at radius 2 is 1.91 bits per heavy atom. The van der Waals surface area contributed by atoms with E-state index in [9.17, 15) is 4.79 Å². The number of hydrogen-bond acceptors (Lipinski definition) is 6. The van der Waals surface area contributed by atoms with Crippen molar-refractivity contribution in [3.8, 4) is 5.75 Å². The molecule has 35 heavy (non-hydrogen) atoms. The quantitative estimate of drug-likeness (QED) is 0.550. The SMILES string of the molecule is COc1cccc(C[C@H](C2CCN(C(=O)[C@@H](C)N3CCOCC3)CC2)N(C)Cc2ccccn2)c1. The molecule has 190 valence electrons. The van der Waals surface area contributed by atoms with Gasteiger partial charge in [-0.25, -0.2) is 0 Å². The highest BCUT2D eigenvalue weighted by molar-refractivity contribution is 5.81. The molecule has 7 nitrogen and oxygen atoms in total. The molecule has 0 unspecified atom stereocenters. The van der Waals surface area contributed by atoms with Gasteiger partial charge in [0.1, 0.15) is 5.75 Å². The molecular weight excluding hydrogens is 440 g/mol. The molecule has 0 aliphatic carbocycles. The molecule has 7 heteroatoms. The second-order valence-electron chi connectivity index (χ2n) is 9.85. The van der Waals surface area contributed by atoms with Crippen molar-refractivity contribution in [1.82, 2.24) is 19.7 Å². The van der Waals surface area contributed by atoms with E-state index in [0.29, 0.717) is 25.2 Å². The van der Waals surface area contributed by atoms with E-state index in [1.165, 1.54) is 5.56 Å². The fraction of sp³-hybridized carbons (Fsp3) is 0.571. The van der Waals surface area contributed by atoms with Crippen molar-refractivity contribution in [1.29, 1.82) is 0 Å². The second-order valence-corrected chi connectivity index (χ2v) is 9.85. The van der Waals surface area contributed by atoms with Crippen molar-refractivity contribution in [2.24, 2.45) is 5.92 Å². The lowest BCUT2D eigenvalue weighted by Crippen LogP contribution is -2.53. The number of hydrogen-bond donors (Lipinski definition) is 0. The highest BCUT2D eigenvalue weighted by Crippen LogP contribution is 2.28. The Labute approximate surface area is 210 Å². The van der Waals surface area contributed by atoms with Crippen LogP contribution in [-0.4, -0.2) is 91.2 Å². The standard InChI is InChI=1S/C28H40N4O3/c1-22(31-15-17-35-18-16-31)28(33)32-13-10-24(11-14-32)27(20-23-7-6-9-26(19-23)34-3)30(2)21-25-8-4-5-12-29-25/h4-9,12,19,22,24,27H,10-11,13-18,20-21H2,1-3H3/t22-,27-/m1/s1. The number of amides is 1. The lowest BCUT2D eigenvalue weighted by atomic mass is 9.84. The lowest BCUT2D eigenvalue weighted by Gasteiger charge is -2.42. The Morgan fingerprint density at radius 1 is 1.14 bits per heavy atom. The molecule has 0 bridgehead atoms. The van der Waals surface area contributed by atoms with Gasteiger partial charge in [0, 0.05) is 45.0 Å². The summed E-state index contributed by atoms with van der Waals surface area (Å²) >= 11 is 0. The van der Waals surface area contributed by atoms with E-state index in [4.69, 9.17) is 9.47 Å². The second kappa shape index (κ2) is 12.5. The number of methoxy groups -OCH3 is 1. The Morgan fingerprint density at radius 3 is 2.60 bits per heavy atom. The normalized spacial score (nSPS) is 19.5. The molecule has 4 rings (SSSR count). The predicted octanol–water partition coefficient (Wildman–Crippen LogP) is 3.09. The number of morpholine rings is 1. The van der Waals surface area contributed by atoms with Gasteiger partial charge in [-0.05, 0) is 69.0 Å². The summed E-state index contributed by atoms with van der Waals surface area (Å²) in [6, 6.07) is 14.8. The number of rotatable bonds is 9. The zero-order valence-corrected chi connectivity index (χ0v) is 21.4. The van der Waals surface area contributed by atoms with Gasteiger partial charge in [-0.1, -0.05) is 18.2 Å². The molecule has 0 spiro atoms. The molecule has 2 fully saturated rings. The van der Waals surface area contributed by atoms with E-state index < -0.39 is 0 Å². The Kier molecular flexibility index (Phi) is 9.12. The van der Waals surface area contributed by atoms with Gasteiger partial charge in [0.05, 0.1) is 32.1 Å². The Balaban J connectivity index is 1.42. The largest absolute Gasteiger partial charge is 0.497 e. The third-order valence-electron chi connectivity index (χ3n) is 7.63. The van der Waals surface area contributed by atoms with Crippen LogP contribution >= 0.6 is 0 Å². The third-order valence-corrected chi connectivity index (χ3v) is 7.63. The van der Waals surface area contributed by atoms with Crippen LogP contribution in [0.2, 0.25) is 0 Å². The number of aromatic nitrogens is 1. The molecule has 1 aromatic heterocycles. The maximum absolute atomic E-state index is 13.2. The molecule has 2 saturated heterocycles. The van der Waals surface area contributed by atoms with Crippen molar-refractivity contribution in [2.75, 3.05) is 53.6 Å². The molecule has 1 aromatic carbocycles. The number of ether oxygens (including phenoxy) is 2. The average molecular weight is 481 g/mol.